The van der Waals surface area contributed by atoms with Crippen LogP contribution in [0.1, 0.15) is 32.9 Å². The second kappa shape index (κ2) is 10.5. The molecular weight excluding hydrogens is 380 g/mol. The van der Waals surface area contributed by atoms with Crippen LogP contribution in [0, 0.1) is 12.7 Å². The minimum atomic E-state index is -0.255. The average molecular weight is 405 g/mol. The van der Waals surface area contributed by atoms with Gasteiger partial charge in [0.25, 0.3) is 5.91 Å². The second-order valence-electron chi connectivity index (χ2n) is 6.98. The lowest BCUT2D eigenvalue weighted by molar-refractivity contribution is 0.0951. The highest BCUT2D eigenvalue weighted by Crippen LogP contribution is 2.15. The van der Waals surface area contributed by atoms with Crippen molar-refractivity contribution in [3.05, 3.63) is 88.6 Å². The Hall–Kier alpha value is -3.26. The van der Waals surface area contributed by atoms with Gasteiger partial charge in [-0.3, -0.25) is 9.78 Å². The summed E-state index contributed by atoms with van der Waals surface area (Å²) in [5, 5.41) is 9.25. The van der Waals surface area contributed by atoms with E-state index in [9.17, 15) is 9.18 Å². The Morgan fingerprint density at radius 3 is 2.80 bits per heavy atom. The molecule has 2 aromatic heterocycles. The molecule has 0 aliphatic carbocycles. The Morgan fingerprint density at radius 2 is 2.00 bits per heavy atom. The van der Waals surface area contributed by atoms with E-state index < -0.39 is 0 Å². The molecule has 0 bridgehead atoms. The SMILES string of the molecule is BNCc1ncccc1CNC(=O)c1ccc(C)nc1NCCc1cccc(F)c1. The predicted octanol–water partition coefficient (Wildman–Crippen LogP) is 2.15. The quantitative estimate of drug-likeness (QED) is 0.476. The van der Waals surface area contributed by atoms with Crippen molar-refractivity contribution in [1.82, 2.24) is 20.5 Å². The zero-order chi connectivity index (χ0) is 21.3. The van der Waals surface area contributed by atoms with Crippen LogP contribution in [0.5, 0.6) is 0 Å². The van der Waals surface area contributed by atoms with Crippen molar-refractivity contribution in [3.63, 3.8) is 0 Å². The molecule has 1 amide bonds. The number of nitrogens with zero attached hydrogens (tertiary/aromatic N) is 2. The molecule has 0 atom stereocenters. The van der Waals surface area contributed by atoms with Gasteiger partial charge in [-0.05, 0) is 54.8 Å². The molecule has 0 saturated heterocycles. The van der Waals surface area contributed by atoms with Crippen molar-refractivity contribution in [2.45, 2.75) is 26.4 Å². The van der Waals surface area contributed by atoms with Crippen LogP contribution in [-0.4, -0.2) is 30.4 Å². The smallest absolute Gasteiger partial charge is 0.255 e. The molecule has 3 rings (SSSR count). The van der Waals surface area contributed by atoms with Crippen molar-refractivity contribution in [3.8, 4) is 0 Å². The fourth-order valence-corrected chi connectivity index (χ4v) is 3.12. The molecule has 0 unspecified atom stereocenters. The van der Waals surface area contributed by atoms with Crippen LogP contribution in [0.25, 0.3) is 0 Å². The van der Waals surface area contributed by atoms with Crippen LogP contribution in [0.15, 0.2) is 54.7 Å². The van der Waals surface area contributed by atoms with E-state index in [0.29, 0.717) is 37.4 Å². The largest absolute Gasteiger partial charge is 0.369 e. The Bertz CT molecular complexity index is 1010. The number of pyridine rings is 2. The molecule has 0 spiro atoms. The Labute approximate surface area is 176 Å². The third-order valence-electron chi connectivity index (χ3n) is 4.64. The fraction of sp³-hybridized carbons (Fsp3) is 0.227. The van der Waals surface area contributed by atoms with Crippen molar-refractivity contribution >= 4 is 19.7 Å². The number of carbonyl (C=O) groups excluding carboxylic acids is 1. The number of hydrogen-bond donors (Lipinski definition) is 3. The van der Waals surface area contributed by atoms with E-state index in [0.717, 1.165) is 22.5 Å². The molecule has 2 heterocycles. The molecule has 0 aliphatic heterocycles. The summed E-state index contributed by atoms with van der Waals surface area (Å²) in [6, 6.07) is 13.9. The van der Waals surface area contributed by atoms with Crippen molar-refractivity contribution in [2.24, 2.45) is 0 Å². The lowest BCUT2D eigenvalue weighted by Crippen LogP contribution is -2.26. The van der Waals surface area contributed by atoms with Crippen LogP contribution in [0.4, 0.5) is 10.2 Å². The minimum Gasteiger partial charge on any atom is -0.369 e. The number of hydrogen-bond acceptors (Lipinski definition) is 5. The summed E-state index contributed by atoms with van der Waals surface area (Å²) in [4.78, 5) is 21.7. The summed E-state index contributed by atoms with van der Waals surface area (Å²) in [5.74, 6) is 0.0508. The lowest BCUT2D eigenvalue weighted by Gasteiger charge is -2.13. The van der Waals surface area contributed by atoms with Gasteiger partial charge < -0.3 is 15.9 Å². The van der Waals surface area contributed by atoms with Crippen LogP contribution >= 0.6 is 0 Å². The van der Waals surface area contributed by atoms with Crippen molar-refractivity contribution in [1.29, 1.82) is 0 Å². The van der Waals surface area contributed by atoms with Gasteiger partial charge in [0, 0.05) is 31.5 Å². The zero-order valence-corrected chi connectivity index (χ0v) is 17.2. The van der Waals surface area contributed by atoms with E-state index in [2.05, 4.69) is 25.8 Å². The van der Waals surface area contributed by atoms with E-state index in [1.807, 2.05) is 39.2 Å². The molecular formula is C22H25BFN5O. The summed E-state index contributed by atoms with van der Waals surface area (Å²) in [6.45, 7) is 3.42. The molecule has 30 heavy (non-hydrogen) atoms. The summed E-state index contributed by atoms with van der Waals surface area (Å²) in [5.41, 5.74) is 4.02. The fourth-order valence-electron chi connectivity index (χ4n) is 3.12. The van der Waals surface area contributed by atoms with Crippen LogP contribution in [-0.2, 0) is 19.5 Å². The Balaban J connectivity index is 1.66. The average Bonchev–Trinajstić information content (AvgIpc) is 2.73. The summed E-state index contributed by atoms with van der Waals surface area (Å²) in [7, 11) is 1.86. The van der Waals surface area contributed by atoms with Gasteiger partial charge in [-0.25, -0.2) is 9.37 Å². The first kappa shape index (κ1) is 21.5. The van der Waals surface area contributed by atoms with Gasteiger partial charge in [0.2, 0.25) is 0 Å². The highest BCUT2D eigenvalue weighted by atomic mass is 19.1. The number of aryl methyl sites for hydroxylation is 1. The first-order valence-corrected chi connectivity index (χ1v) is 9.88. The predicted molar refractivity (Wildman–Crippen MR) is 118 cm³/mol. The number of halogens is 1. The normalized spacial score (nSPS) is 10.6. The summed E-state index contributed by atoms with van der Waals surface area (Å²) < 4.78 is 13.3. The number of nitrogens with one attached hydrogen (secondary N) is 3. The Kier molecular flexibility index (Phi) is 7.51. The van der Waals surface area contributed by atoms with Crippen LogP contribution in [0.3, 0.4) is 0 Å². The maximum Gasteiger partial charge on any atom is 0.255 e. The number of carbonyl (C=O) groups is 1. The van der Waals surface area contributed by atoms with Gasteiger partial charge in [0.1, 0.15) is 11.6 Å². The highest BCUT2D eigenvalue weighted by molar-refractivity contribution is 6.04. The number of aromatic nitrogens is 2. The van der Waals surface area contributed by atoms with Gasteiger partial charge in [-0.1, -0.05) is 18.2 Å². The van der Waals surface area contributed by atoms with Crippen LogP contribution in [0.2, 0.25) is 0 Å². The maximum atomic E-state index is 13.3. The molecule has 3 N–H and O–H groups in total. The third-order valence-corrected chi connectivity index (χ3v) is 4.64. The number of rotatable bonds is 9. The molecule has 6 nitrogen and oxygen atoms in total. The molecule has 154 valence electrons. The maximum absolute atomic E-state index is 13.3. The topological polar surface area (TPSA) is 78.9 Å². The van der Waals surface area contributed by atoms with E-state index in [1.165, 1.54) is 12.1 Å². The van der Waals surface area contributed by atoms with Gasteiger partial charge in [-0.2, -0.15) is 0 Å². The minimum absolute atomic E-state index is 0.213. The second-order valence-corrected chi connectivity index (χ2v) is 6.98. The zero-order valence-electron chi connectivity index (χ0n) is 17.2. The van der Waals surface area contributed by atoms with Gasteiger partial charge in [-0.15, -0.1) is 0 Å². The third kappa shape index (κ3) is 5.87. The molecule has 0 radical (unpaired) electrons. The first-order chi connectivity index (χ1) is 14.6. The van der Waals surface area contributed by atoms with E-state index in [4.69, 9.17) is 0 Å². The van der Waals surface area contributed by atoms with Crippen LogP contribution < -0.4 is 15.9 Å². The van der Waals surface area contributed by atoms with Gasteiger partial charge in [0.15, 0.2) is 7.98 Å². The summed E-state index contributed by atoms with van der Waals surface area (Å²) >= 11 is 0. The first-order valence-electron chi connectivity index (χ1n) is 9.88. The summed E-state index contributed by atoms with van der Waals surface area (Å²) in [6.07, 6.45) is 2.36. The van der Waals surface area contributed by atoms with Gasteiger partial charge >= 0.3 is 0 Å². The van der Waals surface area contributed by atoms with Crippen molar-refractivity contribution < 1.29 is 9.18 Å². The van der Waals surface area contributed by atoms with E-state index >= 15 is 0 Å². The molecule has 1 aromatic carbocycles. The Morgan fingerprint density at radius 1 is 1.13 bits per heavy atom. The number of benzene rings is 1. The highest BCUT2D eigenvalue weighted by Gasteiger charge is 2.14. The molecule has 3 aromatic rings. The molecule has 0 fully saturated rings. The molecule has 0 saturated carbocycles. The number of anilines is 1. The van der Waals surface area contributed by atoms with Crippen molar-refractivity contribution in [2.75, 3.05) is 11.9 Å². The van der Waals surface area contributed by atoms with E-state index in [1.54, 1.807) is 18.3 Å². The van der Waals surface area contributed by atoms with E-state index in [-0.39, 0.29) is 11.7 Å². The monoisotopic (exact) mass is 405 g/mol. The number of amides is 1. The standard InChI is InChI=1S/C22H25BFN5O/c1-15-7-8-19(21(29-15)26-11-9-16-4-2-6-18(24)12-16)22(30)27-13-17-5-3-10-25-20(17)14-28-23/h2-8,10,12,28H,9,11,13-14,23H2,1H3,(H,26,29)(H,27,30). The van der Waals surface area contributed by atoms with Gasteiger partial charge in [0.05, 0.1) is 11.3 Å². The lowest BCUT2D eigenvalue weighted by atomic mass is 10.1. The molecule has 0 aliphatic rings. The molecule has 8 heteroatoms.